The van der Waals surface area contributed by atoms with Crippen LogP contribution in [0.4, 0.5) is 0 Å². The molecule has 0 bridgehead atoms. The molecule has 6 nitrogen and oxygen atoms in total. The van der Waals surface area contributed by atoms with E-state index in [1.165, 1.54) is 37.1 Å². The number of rotatable bonds is 5. The number of carbonyl (C=O) groups is 1. The number of Topliss-reactive ketones (excluding diaryl/α,β-unsaturated/α-hetero) is 1. The molecule has 29 heavy (non-hydrogen) atoms. The maximum absolute atomic E-state index is 12.6. The van der Waals surface area contributed by atoms with E-state index in [2.05, 4.69) is 11.8 Å². The van der Waals surface area contributed by atoms with Crippen molar-refractivity contribution in [3.63, 3.8) is 0 Å². The summed E-state index contributed by atoms with van der Waals surface area (Å²) in [6.45, 7) is 0. The van der Waals surface area contributed by atoms with Crippen LogP contribution < -0.4 is 5.14 Å². The molecule has 3 rings (SSSR count). The van der Waals surface area contributed by atoms with Gasteiger partial charge < -0.3 is 0 Å². The van der Waals surface area contributed by atoms with Gasteiger partial charge in [0.2, 0.25) is 10.0 Å². The molecular weight excluding hydrogens is 410 g/mol. The summed E-state index contributed by atoms with van der Waals surface area (Å²) in [5, 5.41) is 5.10. The highest BCUT2D eigenvalue weighted by Crippen LogP contribution is 2.24. The van der Waals surface area contributed by atoms with Crippen molar-refractivity contribution in [2.75, 3.05) is 5.75 Å². The Bertz CT molecular complexity index is 1180. The molecule has 0 atom stereocenters. The monoisotopic (exact) mass is 431 g/mol. The van der Waals surface area contributed by atoms with Crippen LogP contribution in [0.2, 0.25) is 0 Å². The predicted octanol–water partition coefficient (Wildman–Crippen LogP) is 2.53. The average molecular weight is 432 g/mol. The molecule has 8 heteroatoms. The van der Waals surface area contributed by atoms with E-state index in [1.54, 1.807) is 12.1 Å². The second kappa shape index (κ2) is 8.49. The van der Waals surface area contributed by atoms with E-state index in [0.29, 0.717) is 5.92 Å². The van der Waals surface area contributed by atoms with E-state index in [-0.39, 0.29) is 5.56 Å². The van der Waals surface area contributed by atoms with Crippen LogP contribution in [0.25, 0.3) is 0 Å². The molecule has 2 aromatic rings. The first-order valence-electron chi connectivity index (χ1n) is 9.16. The smallest absolute Gasteiger partial charge is 0.239 e. The molecule has 152 valence electrons. The minimum Gasteiger partial charge on any atom is -0.293 e. The van der Waals surface area contributed by atoms with Gasteiger partial charge in [0.1, 0.15) is 10.6 Å². The Morgan fingerprint density at radius 1 is 0.931 bits per heavy atom. The van der Waals surface area contributed by atoms with Gasteiger partial charge in [0.05, 0.1) is 4.90 Å². The van der Waals surface area contributed by atoms with Crippen LogP contribution in [0, 0.1) is 17.8 Å². The summed E-state index contributed by atoms with van der Waals surface area (Å²) in [5.74, 6) is 5.25. The van der Waals surface area contributed by atoms with Crippen LogP contribution in [0.15, 0.2) is 58.3 Å². The van der Waals surface area contributed by atoms with Gasteiger partial charge in [-0.05, 0) is 37.1 Å². The third-order valence-electron chi connectivity index (χ3n) is 4.79. The maximum atomic E-state index is 12.6. The van der Waals surface area contributed by atoms with E-state index in [9.17, 15) is 21.6 Å². The second-order valence-electron chi connectivity index (χ2n) is 7.00. The lowest BCUT2D eigenvalue weighted by atomic mass is 10.1. The normalized spacial score (nSPS) is 14.9. The van der Waals surface area contributed by atoms with Crippen molar-refractivity contribution < 1.29 is 21.6 Å². The Balaban J connectivity index is 1.78. The van der Waals surface area contributed by atoms with Gasteiger partial charge in [-0.2, -0.15) is 0 Å². The summed E-state index contributed by atoms with van der Waals surface area (Å²) < 4.78 is 48.6. The zero-order valence-corrected chi connectivity index (χ0v) is 17.3. The van der Waals surface area contributed by atoms with Gasteiger partial charge >= 0.3 is 0 Å². The number of hydrogen-bond donors (Lipinski definition) is 1. The van der Waals surface area contributed by atoms with E-state index in [1.807, 2.05) is 0 Å². The van der Waals surface area contributed by atoms with Crippen molar-refractivity contribution in [3.05, 3.63) is 59.7 Å². The Morgan fingerprint density at radius 2 is 1.52 bits per heavy atom. The van der Waals surface area contributed by atoms with Crippen LogP contribution >= 0.6 is 0 Å². The van der Waals surface area contributed by atoms with Gasteiger partial charge in [-0.3, -0.25) is 4.79 Å². The number of ketones is 1. The highest BCUT2D eigenvalue weighted by Gasteiger charge is 2.26. The van der Waals surface area contributed by atoms with Crippen LogP contribution in [-0.4, -0.2) is 28.4 Å². The Hall–Kier alpha value is -2.47. The third kappa shape index (κ3) is 5.32. The van der Waals surface area contributed by atoms with Crippen LogP contribution in [0.1, 0.15) is 41.6 Å². The lowest BCUT2D eigenvalue weighted by Crippen LogP contribution is -2.21. The molecule has 0 spiro atoms. The Morgan fingerprint density at radius 3 is 2.10 bits per heavy atom. The zero-order chi connectivity index (χ0) is 21.1. The topological polar surface area (TPSA) is 111 Å². The summed E-state index contributed by atoms with van der Waals surface area (Å²) in [6.07, 6.45) is 4.63. The molecule has 0 aliphatic heterocycles. The molecule has 0 heterocycles. The zero-order valence-electron chi connectivity index (χ0n) is 15.7. The fraction of sp³-hybridized carbons (Fsp3) is 0.286. The van der Waals surface area contributed by atoms with Gasteiger partial charge in [0.15, 0.2) is 15.6 Å². The van der Waals surface area contributed by atoms with E-state index in [4.69, 9.17) is 5.14 Å². The number of sulfonamides is 1. The van der Waals surface area contributed by atoms with Gasteiger partial charge in [-0.25, -0.2) is 22.0 Å². The summed E-state index contributed by atoms with van der Waals surface area (Å²) in [4.78, 5) is 11.5. The Kier molecular flexibility index (Phi) is 6.22. The lowest BCUT2D eigenvalue weighted by Gasteiger charge is -2.08. The molecule has 0 radical (unpaired) electrons. The van der Waals surface area contributed by atoms with Crippen molar-refractivity contribution in [1.29, 1.82) is 0 Å². The molecule has 0 aromatic heterocycles. The van der Waals surface area contributed by atoms with Gasteiger partial charge in [0, 0.05) is 17.0 Å². The van der Waals surface area contributed by atoms with Crippen LogP contribution in [-0.2, 0) is 19.9 Å². The third-order valence-corrected chi connectivity index (χ3v) is 7.56. The second-order valence-corrected chi connectivity index (χ2v) is 10.5. The number of benzene rings is 2. The molecule has 0 amide bonds. The standard InChI is InChI=1S/C21H21NO5S2/c22-29(26,27)21-8-4-3-7-20(21)28(24,25)15-19(23)18-13-11-17(12-14-18)10-9-16-5-1-2-6-16/h3-4,7-8,11-14,16H,1-2,5-6,15H2,(H2,22,26,27). The molecule has 1 aliphatic rings. The lowest BCUT2D eigenvalue weighted by molar-refractivity contribution is 0.102. The van der Waals surface area contributed by atoms with E-state index < -0.39 is 41.2 Å². The first-order valence-corrected chi connectivity index (χ1v) is 12.4. The fourth-order valence-corrected chi connectivity index (χ4v) is 5.94. The molecule has 1 fully saturated rings. The van der Waals surface area contributed by atoms with Gasteiger partial charge in [0.25, 0.3) is 0 Å². The molecule has 1 aliphatic carbocycles. The number of primary sulfonamides is 1. The number of sulfone groups is 1. The fourth-order valence-electron chi connectivity index (χ4n) is 3.27. The molecular formula is C21H21NO5S2. The maximum Gasteiger partial charge on any atom is 0.239 e. The van der Waals surface area contributed by atoms with Crippen LogP contribution in [0.3, 0.4) is 0 Å². The number of hydrogen-bond acceptors (Lipinski definition) is 5. The highest BCUT2D eigenvalue weighted by atomic mass is 32.2. The van der Waals surface area contributed by atoms with Gasteiger partial charge in [-0.15, -0.1) is 0 Å². The molecule has 2 aromatic carbocycles. The summed E-state index contributed by atoms with van der Waals surface area (Å²) in [6, 6.07) is 11.4. The molecule has 0 saturated heterocycles. The van der Waals surface area contributed by atoms with Crippen LogP contribution in [0.5, 0.6) is 0 Å². The van der Waals surface area contributed by atoms with Crippen molar-refractivity contribution in [2.45, 2.75) is 35.5 Å². The van der Waals surface area contributed by atoms with E-state index >= 15 is 0 Å². The first-order chi connectivity index (χ1) is 13.7. The van der Waals surface area contributed by atoms with E-state index in [0.717, 1.165) is 30.5 Å². The van der Waals surface area contributed by atoms with Gasteiger partial charge in [-0.1, -0.05) is 48.9 Å². The quantitative estimate of drug-likeness (QED) is 0.578. The van der Waals surface area contributed by atoms with Crippen molar-refractivity contribution in [2.24, 2.45) is 11.1 Å². The molecule has 0 unspecified atom stereocenters. The predicted molar refractivity (Wildman–Crippen MR) is 109 cm³/mol. The first kappa shape index (κ1) is 21.2. The number of nitrogens with two attached hydrogens (primary N) is 1. The number of carbonyl (C=O) groups excluding carboxylic acids is 1. The molecule has 2 N–H and O–H groups in total. The highest BCUT2D eigenvalue weighted by molar-refractivity contribution is 7.94. The van der Waals surface area contributed by atoms with Crippen molar-refractivity contribution >= 4 is 25.6 Å². The Labute approximate surface area is 171 Å². The van der Waals surface area contributed by atoms with Crippen molar-refractivity contribution in [3.8, 4) is 11.8 Å². The largest absolute Gasteiger partial charge is 0.293 e. The summed E-state index contributed by atoms with van der Waals surface area (Å²) in [5.41, 5.74) is 0.976. The SMILES string of the molecule is NS(=O)(=O)c1ccccc1S(=O)(=O)CC(=O)c1ccc(C#CC2CCCC2)cc1. The van der Waals surface area contributed by atoms with Crippen molar-refractivity contribution in [1.82, 2.24) is 0 Å². The average Bonchev–Trinajstić information content (AvgIpc) is 3.19. The summed E-state index contributed by atoms with van der Waals surface area (Å²) in [7, 11) is -8.43. The minimum absolute atomic E-state index is 0.216. The molecule has 1 saturated carbocycles. The summed E-state index contributed by atoms with van der Waals surface area (Å²) >= 11 is 0. The minimum atomic E-state index is -4.24.